The first-order valence-electron chi connectivity index (χ1n) is 8.45. The first-order valence-corrected chi connectivity index (χ1v) is 8.45. The van der Waals surface area contributed by atoms with Crippen molar-refractivity contribution in [3.63, 3.8) is 0 Å². The van der Waals surface area contributed by atoms with Gasteiger partial charge in [-0.2, -0.15) is 5.10 Å². The first-order chi connectivity index (χ1) is 12.9. The Morgan fingerprint density at radius 3 is 2.52 bits per heavy atom. The maximum Gasteiger partial charge on any atom is 0.339 e. The number of anilines is 1. The number of hydrogen-bond donors (Lipinski definition) is 2. The normalized spacial score (nSPS) is 16.1. The minimum absolute atomic E-state index is 0.398. The Bertz CT molecular complexity index is 919. The molecule has 2 aromatic rings. The van der Waals surface area contributed by atoms with E-state index in [1.807, 2.05) is 31.2 Å². The van der Waals surface area contributed by atoms with Crippen molar-refractivity contribution in [2.45, 2.75) is 26.4 Å². The molecule has 0 aromatic heterocycles. The van der Waals surface area contributed by atoms with Crippen molar-refractivity contribution in [3.8, 4) is 0 Å². The molecule has 1 atom stereocenters. The van der Waals surface area contributed by atoms with Gasteiger partial charge in [0.25, 0.3) is 0 Å². The maximum atomic E-state index is 12.0. The first kappa shape index (κ1) is 18.3. The van der Waals surface area contributed by atoms with Crippen molar-refractivity contribution in [2.75, 3.05) is 5.32 Å². The third-order valence-electron chi connectivity index (χ3n) is 4.21. The van der Waals surface area contributed by atoms with Gasteiger partial charge in [0.1, 0.15) is 6.10 Å². The van der Waals surface area contributed by atoms with E-state index in [1.165, 1.54) is 0 Å². The molecule has 2 amide bonds. The molecule has 7 nitrogen and oxygen atoms in total. The quantitative estimate of drug-likeness (QED) is 0.377. The summed E-state index contributed by atoms with van der Waals surface area (Å²) in [4.78, 5) is 35.9. The molecule has 0 spiro atoms. The lowest BCUT2D eigenvalue weighted by atomic mass is 9.97. The Balaban J connectivity index is 1.60. The summed E-state index contributed by atoms with van der Waals surface area (Å²) >= 11 is 0. The zero-order valence-corrected chi connectivity index (χ0v) is 15.0. The SMILES string of the molecule is CC(=NNC(=O)C(=O)Nc1ccc(C)cc1)C1Cc2ccccc2C(=O)O1. The number of carbonyl (C=O) groups excluding carboxylic acids is 3. The highest BCUT2D eigenvalue weighted by atomic mass is 16.5. The molecule has 0 fully saturated rings. The average molecular weight is 365 g/mol. The number of aryl methyl sites for hydroxylation is 1. The molecule has 1 aliphatic heterocycles. The number of fused-ring (bicyclic) bond motifs is 1. The minimum atomic E-state index is -0.905. The summed E-state index contributed by atoms with van der Waals surface area (Å²) in [5.41, 5.74) is 5.54. The monoisotopic (exact) mass is 365 g/mol. The number of hydrogen-bond acceptors (Lipinski definition) is 5. The fraction of sp³-hybridized carbons (Fsp3) is 0.200. The number of cyclic esters (lactones) is 1. The summed E-state index contributed by atoms with van der Waals surface area (Å²) in [5, 5.41) is 6.40. The van der Waals surface area contributed by atoms with Crippen molar-refractivity contribution in [1.29, 1.82) is 0 Å². The van der Waals surface area contributed by atoms with Crippen molar-refractivity contribution >= 4 is 29.2 Å². The summed E-state index contributed by atoms with van der Waals surface area (Å²) in [6, 6.07) is 14.2. The minimum Gasteiger partial charge on any atom is -0.452 e. The van der Waals surface area contributed by atoms with E-state index in [-0.39, 0.29) is 0 Å². The van der Waals surface area contributed by atoms with Crippen LogP contribution in [0.2, 0.25) is 0 Å². The molecule has 0 aliphatic carbocycles. The lowest BCUT2D eigenvalue weighted by molar-refractivity contribution is -0.136. The van der Waals surface area contributed by atoms with E-state index in [9.17, 15) is 14.4 Å². The molecule has 27 heavy (non-hydrogen) atoms. The summed E-state index contributed by atoms with van der Waals surface area (Å²) in [5.74, 6) is -2.17. The number of benzene rings is 2. The predicted molar refractivity (Wildman–Crippen MR) is 100 cm³/mol. The highest BCUT2D eigenvalue weighted by molar-refractivity contribution is 6.39. The van der Waals surface area contributed by atoms with E-state index in [1.54, 1.807) is 31.2 Å². The number of amides is 2. The Morgan fingerprint density at radius 1 is 1.07 bits per heavy atom. The third kappa shape index (κ3) is 4.38. The van der Waals surface area contributed by atoms with Crippen molar-refractivity contribution in [2.24, 2.45) is 5.10 Å². The largest absolute Gasteiger partial charge is 0.452 e. The van der Waals surface area contributed by atoms with E-state index in [0.717, 1.165) is 11.1 Å². The van der Waals surface area contributed by atoms with Crippen molar-refractivity contribution in [3.05, 3.63) is 65.2 Å². The number of hydrazone groups is 1. The fourth-order valence-corrected chi connectivity index (χ4v) is 2.65. The molecule has 138 valence electrons. The van der Waals surface area contributed by atoms with Crippen LogP contribution in [0.25, 0.3) is 0 Å². The molecule has 0 bridgehead atoms. The summed E-state index contributed by atoms with van der Waals surface area (Å²) in [6.45, 7) is 3.55. The Labute approximate surface area is 156 Å². The molecule has 0 radical (unpaired) electrons. The van der Waals surface area contributed by atoms with Crippen LogP contribution in [0.15, 0.2) is 53.6 Å². The van der Waals surface area contributed by atoms with Crippen LogP contribution in [0.4, 0.5) is 5.69 Å². The van der Waals surface area contributed by atoms with Gasteiger partial charge in [0.15, 0.2) is 0 Å². The van der Waals surface area contributed by atoms with E-state index < -0.39 is 23.9 Å². The van der Waals surface area contributed by atoms with Gasteiger partial charge in [0, 0.05) is 12.1 Å². The van der Waals surface area contributed by atoms with Crippen molar-refractivity contribution in [1.82, 2.24) is 5.43 Å². The third-order valence-corrected chi connectivity index (χ3v) is 4.21. The second-order valence-electron chi connectivity index (χ2n) is 6.27. The molecule has 1 unspecified atom stereocenters. The van der Waals surface area contributed by atoms with Gasteiger partial charge in [0.05, 0.1) is 11.3 Å². The number of nitrogens with one attached hydrogen (secondary N) is 2. The lowest BCUT2D eigenvalue weighted by Crippen LogP contribution is -2.37. The van der Waals surface area contributed by atoms with Gasteiger partial charge in [-0.15, -0.1) is 0 Å². The molecular weight excluding hydrogens is 346 g/mol. The molecular formula is C20H19N3O4. The van der Waals surface area contributed by atoms with Crippen LogP contribution in [-0.4, -0.2) is 29.6 Å². The summed E-state index contributed by atoms with van der Waals surface area (Å²) < 4.78 is 5.35. The number of carbonyl (C=O) groups is 3. The van der Waals surface area contributed by atoms with Gasteiger partial charge in [-0.3, -0.25) is 9.59 Å². The molecule has 0 saturated heterocycles. The van der Waals surface area contributed by atoms with Gasteiger partial charge in [-0.05, 0) is 37.6 Å². The topological polar surface area (TPSA) is 96.9 Å². The number of esters is 1. The summed E-state index contributed by atoms with van der Waals surface area (Å²) in [6.07, 6.45) is -0.129. The van der Waals surface area contributed by atoms with Crippen LogP contribution in [0.1, 0.15) is 28.4 Å². The molecule has 0 saturated carbocycles. The van der Waals surface area contributed by atoms with Crippen LogP contribution in [-0.2, 0) is 20.7 Å². The fourth-order valence-electron chi connectivity index (χ4n) is 2.65. The highest BCUT2D eigenvalue weighted by Gasteiger charge is 2.28. The van der Waals surface area contributed by atoms with Gasteiger partial charge < -0.3 is 10.1 Å². The van der Waals surface area contributed by atoms with Crippen LogP contribution in [0.3, 0.4) is 0 Å². The molecule has 2 N–H and O–H groups in total. The lowest BCUT2D eigenvalue weighted by Gasteiger charge is -2.24. The van der Waals surface area contributed by atoms with E-state index in [2.05, 4.69) is 15.8 Å². The Hall–Kier alpha value is -3.48. The van der Waals surface area contributed by atoms with Gasteiger partial charge in [-0.25, -0.2) is 10.2 Å². The molecule has 2 aromatic carbocycles. The van der Waals surface area contributed by atoms with Crippen LogP contribution in [0.5, 0.6) is 0 Å². The smallest absolute Gasteiger partial charge is 0.339 e. The number of ether oxygens (including phenoxy) is 1. The Kier molecular flexibility index (Phi) is 5.30. The van der Waals surface area contributed by atoms with E-state index >= 15 is 0 Å². The van der Waals surface area contributed by atoms with Crippen LogP contribution in [0, 0.1) is 6.92 Å². The molecule has 1 aliphatic rings. The second kappa shape index (κ2) is 7.82. The van der Waals surface area contributed by atoms with Gasteiger partial charge in [-0.1, -0.05) is 35.9 Å². The predicted octanol–water partition coefficient (Wildman–Crippen LogP) is 2.21. The van der Waals surface area contributed by atoms with E-state index in [4.69, 9.17) is 4.74 Å². The molecule has 7 heteroatoms. The number of nitrogens with zero attached hydrogens (tertiary/aromatic N) is 1. The van der Waals surface area contributed by atoms with Gasteiger partial charge in [0.2, 0.25) is 0 Å². The maximum absolute atomic E-state index is 12.0. The van der Waals surface area contributed by atoms with E-state index in [0.29, 0.717) is 23.4 Å². The van der Waals surface area contributed by atoms with Gasteiger partial charge >= 0.3 is 17.8 Å². The molecule has 1 heterocycles. The zero-order valence-electron chi connectivity index (χ0n) is 15.0. The average Bonchev–Trinajstić information content (AvgIpc) is 2.67. The number of rotatable bonds is 3. The van der Waals surface area contributed by atoms with Crippen LogP contribution < -0.4 is 10.7 Å². The summed E-state index contributed by atoms with van der Waals surface area (Å²) in [7, 11) is 0. The standard InChI is InChI=1S/C20H19N3O4/c1-12-7-9-15(10-8-12)21-18(24)19(25)23-22-13(2)17-11-14-5-3-4-6-16(14)20(26)27-17/h3-10,17H,11H2,1-2H3,(H,21,24)(H,23,25). The Morgan fingerprint density at radius 2 is 1.78 bits per heavy atom. The zero-order chi connectivity index (χ0) is 19.4. The molecule has 3 rings (SSSR count). The van der Waals surface area contributed by atoms with Crippen molar-refractivity contribution < 1.29 is 19.1 Å². The second-order valence-corrected chi connectivity index (χ2v) is 6.27. The highest BCUT2D eigenvalue weighted by Crippen LogP contribution is 2.21. The van der Waals surface area contributed by atoms with Crippen LogP contribution >= 0.6 is 0 Å².